The Bertz CT molecular complexity index is 376. The zero-order chi connectivity index (χ0) is 15.0. The summed E-state index contributed by atoms with van der Waals surface area (Å²) >= 11 is 3.38. The fraction of sp³-hybridized carbons (Fsp3) is 0.600. The molecule has 2 N–H and O–H groups in total. The second kappa shape index (κ2) is 8.62. The highest BCUT2D eigenvalue weighted by molar-refractivity contribution is 9.10. The van der Waals surface area contributed by atoms with Crippen molar-refractivity contribution < 1.29 is 14.6 Å². The number of benzene rings is 1. The van der Waals surface area contributed by atoms with Crippen LogP contribution in [0, 0.1) is 0 Å². The van der Waals surface area contributed by atoms with Gasteiger partial charge in [0.1, 0.15) is 5.75 Å². The predicted molar refractivity (Wildman–Crippen MR) is 83.7 cm³/mol. The summed E-state index contributed by atoms with van der Waals surface area (Å²) in [5, 5.41) is 12.5. The minimum atomic E-state index is -0.914. The van der Waals surface area contributed by atoms with Crippen LogP contribution in [-0.2, 0) is 4.74 Å². The van der Waals surface area contributed by atoms with E-state index in [0.717, 1.165) is 23.1 Å². The highest BCUT2D eigenvalue weighted by atomic mass is 79.9. The van der Waals surface area contributed by atoms with E-state index in [0.29, 0.717) is 13.2 Å². The molecule has 0 saturated heterocycles. The summed E-state index contributed by atoms with van der Waals surface area (Å²) in [5.41, 5.74) is -0.350. The van der Waals surface area contributed by atoms with Gasteiger partial charge in [0.05, 0.1) is 12.2 Å². The molecule has 4 nitrogen and oxygen atoms in total. The van der Waals surface area contributed by atoms with Gasteiger partial charge in [-0.3, -0.25) is 5.32 Å². The summed E-state index contributed by atoms with van der Waals surface area (Å²) < 4.78 is 12.0. The van der Waals surface area contributed by atoms with Gasteiger partial charge in [0, 0.05) is 4.47 Å². The van der Waals surface area contributed by atoms with Crippen molar-refractivity contribution in [2.45, 2.75) is 45.6 Å². The lowest BCUT2D eigenvalue weighted by Gasteiger charge is -2.24. The maximum atomic E-state index is 9.58. The monoisotopic (exact) mass is 345 g/mol. The molecule has 0 radical (unpaired) electrons. The number of unbranched alkanes of at least 4 members (excludes halogenated alkanes) is 1. The molecule has 1 unspecified atom stereocenters. The molecule has 0 aliphatic rings. The van der Waals surface area contributed by atoms with Crippen molar-refractivity contribution >= 4 is 15.9 Å². The number of hydrogen-bond acceptors (Lipinski definition) is 4. The molecule has 1 aromatic carbocycles. The highest BCUT2D eigenvalue weighted by Gasteiger charge is 2.15. The number of nitrogens with one attached hydrogen (secondary N) is 1. The summed E-state index contributed by atoms with van der Waals surface area (Å²) in [4.78, 5) is 0. The van der Waals surface area contributed by atoms with E-state index in [1.807, 2.05) is 45.0 Å². The van der Waals surface area contributed by atoms with E-state index in [2.05, 4.69) is 21.2 Å². The number of hydrogen-bond donors (Lipinski definition) is 2. The summed E-state index contributed by atoms with van der Waals surface area (Å²) in [6.07, 6.45) is 0.925. The van der Waals surface area contributed by atoms with Crippen LogP contribution >= 0.6 is 15.9 Å². The van der Waals surface area contributed by atoms with Crippen molar-refractivity contribution in [3.05, 3.63) is 28.7 Å². The molecule has 0 aliphatic carbocycles. The maximum absolute atomic E-state index is 9.58. The van der Waals surface area contributed by atoms with E-state index in [1.54, 1.807) is 0 Å². The smallest absolute Gasteiger partial charge is 0.214 e. The number of aliphatic hydroxyl groups excluding tert-OH is 1. The Kier molecular flexibility index (Phi) is 7.51. The van der Waals surface area contributed by atoms with E-state index in [9.17, 15) is 5.11 Å². The van der Waals surface area contributed by atoms with Crippen molar-refractivity contribution in [2.75, 3.05) is 13.2 Å². The molecule has 20 heavy (non-hydrogen) atoms. The first-order valence-electron chi connectivity index (χ1n) is 6.84. The topological polar surface area (TPSA) is 50.7 Å². The van der Waals surface area contributed by atoms with Crippen LogP contribution < -0.4 is 10.1 Å². The van der Waals surface area contributed by atoms with Crippen LogP contribution in [0.3, 0.4) is 0 Å². The second-order valence-corrected chi connectivity index (χ2v) is 6.46. The zero-order valence-corrected chi connectivity index (χ0v) is 13.9. The Labute approximate surface area is 129 Å². The van der Waals surface area contributed by atoms with Crippen LogP contribution in [0.25, 0.3) is 0 Å². The lowest BCUT2D eigenvalue weighted by molar-refractivity contribution is -0.181. The van der Waals surface area contributed by atoms with E-state index in [4.69, 9.17) is 9.47 Å². The minimum Gasteiger partial charge on any atom is -0.494 e. The third-order valence-corrected chi connectivity index (χ3v) is 2.97. The molecule has 1 aromatic rings. The molecule has 0 fully saturated rings. The first-order chi connectivity index (χ1) is 9.37. The van der Waals surface area contributed by atoms with Gasteiger partial charge in [0.25, 0.3) is 0 Å². The lowest BCUT2D eigenvalue weighted by atomic mass is 10.2. The lowest BCUT2D eigenvalue weighted by Crippen LogP contribution is -2.38. The van der Waals surface area contributed by atoms with Gasteiger partial charge in [0.15, 0.2) is 0 Å². The van der Waals surface area contributed by atoms with Crippen molar-refractivity contribution in [3.63, 3.8) is 0 Å². The molecule has 1 rings (SSSR count). The van der Waals surface area contributed by atoms with Gasteiger partial charge < -0.3 is 14.6 Å². The Balaban J connectivity index is 2.03. The second-order valence-electron chi connectivity index (χ2n) is 5.55. The first kappa shape index (κ1) is 17.4. The Morgan fingerprint density at radius 2 is 1.85 bits per heavy atom. The van der Waals surface area contributed by atoms with E-state index in [1.165, 1.54) is 0 Å². The van der Waals surface area contributed by atoms with E-state index in [-0.39, 0.29) is 5.60 Å². The van der Waals surface area contributed by atoms with Gasteiger partial charge in [-0.15, -0.1) is 0 Å². The molecular weight excluding hydrogens is 322 g/mol. The number of halogens is 1. The largest absolute Gasteiger partial charge is 0.494 e. The van der Waals surface area contributed by atoms with Gasteiger partial charge >= 0.3 is 0 Å². The third kappa shape index (κ3) is 8.53. The molecule has 0 spiro atoms. The molecule has 0 heterocycles. The number of rotatable bonds is 8. The van der Waals surface area contributed by atoms with Crippen LogP contribution in [0.4, 0.5) is 0 Å². The standard InChI is InChI=1S/C15H24BrNO3/c1-15(2,3)20-14(18)17-10-4-5-11-19-13-8-6-12(16)7-9-13/h6-9,14,17-18H,4-5,10-11H2,1-3H3. The molecule has 0 saturated carbocycles. The molecule has 0 aliphatic heterocycles. The molecule has 0 bridgehead atoms. The third-order valence-electron chi connectivity index (χ3n) is 2.44. The Hall–Kier alpha value is -0.620. The van der Waals surface area contributed by atoms with Crippen molar-refractivity contribution in [1.29, 1.82) is 0 Å². The molecule has 1 atom stereocenters. The average molecular weight is 346 g/mol. The van der Waals surface area contributed by atoms with Crippen molar-refractivity contribution in [2.24, 2.45) is 0 Å². The van der Waals surface area contributed by atoms with Gasteiger partial charge in [0.2, 0.25) is 6.41 Å². The summed E-state index contributed by atoms with van der Waals surface area (Å²) in [7, 11) is 0. The quantitative estimate of drug-likeness (QED) is 0.560. The number of aliphatic hydroxyl groups is 1. The molecular formula is C15H24BrNO3. The Morgan fingerprint density at radius 3 is 2.45 bits per heavy atom. The SMILES string of the molecule is CC(C)(C)OC(O)NCCCCOc1ccc(Br)cc1. The van der Waals surface area contributed by atoms with E-state index >= 15 is 0 Å². The van der Waals surface area contributed by atoms with Crippen molar-refractivity contribution in [1.82, 2.24) is 5.32 Å². The molecule has 5 heteroatoms. The van der Waals surface area contributed by atoms with Crippen LogP contribution in [0.2, 0.25) is 0 Å². The van der Waals surface area contributed by atoms with Crippen LogP contribution in [0.15, 0.2) is 28.7 Å². The molecule has 0 aromatic heterocycles. The zero-order valence-electron chi connectivity index (χ0n) is 12.4. The average Bonchev–Trinajstić information content (AvgIpc) is 2.33. The summed E-state index contributed by atoms with van der Waals surface area (Å²) in [6.45, 7) is 7.08. The van der Waals surface area contributed by atoms with Crippen molar-refractivity contribution in [3.8, 4) is 5.75 Å². The van der Waals surface area contributed by atoms with Gasteiger partial charge in [-0.2, -0.15) is 0 Å². The number of ether oxygens (including phenoxy) is 2. The normalized spacial score (nSPS) is 13.2. The first-order valence-corrected chi connectivity index (χ1v) is 7.64. The maximum Gasteiger partial charge on any atom is 0.214 e. The Morgan fingerprint density at radius 1 is 1.20 bits per heavy atom. The summed E-state index contributed by atoms with van der Waals surface area (Å²) in [5.74, 6) is 0.872. The highest BCUT2D eigenvalue weighted by Crippen LogP contribution is 2.16. The van der Waals surface area contributed by atoms with Gasteiger partial charge in [-0.25, -0.2) is 0 Å². The van der Waals surface area contributed by atoms with Crippen LogP contribution in [0.1, 0.15) is 33.6 Å². The van der Waals surface area contributed by atoms with E-state index < -0.39 is 6.41 Å². The van der Waals surface area contributed by atoms with Crippen LogP contribution in [-0.4, -0.2) is 30.3 Å². The molecule has 114 valence electrons. The minimum absolute atomic E-state index is 0.350. The van der Waals surface area contributed by atoms with Gasteiger partial charge in [-0.1, -0.05) is 15.9 Å². The predicted octanol–water partition coefficient (Wildman–Crippen LogP) is 3.29. The van der Waals surface area contributed by atoms with Crippen LogP contribution in [0.5, 0.6) is 5.75 Å². The fourth-order valence-corrected chi connectivity index (χ4v) is 1.81. The fourth-order valence-electron chi connectivity index (χ4n) is 1.55. The van der Waals surface area contributed by atoms with Gasteiger partial charge in [-0.05, 0) is 64.4 Å². The molecule has 0 amide bonds. The summed E-state index contributed by atoms with van der Waals surface area (Å²) in [6, 6.07) is 7.78.